The molecule has 1 aromatic rings. The smallest absolute Gasteiger partial charge is 0.407 e. The number of nitrogens with one attached hydrogen (secondary N) is 3. The standard InChI is InChI=1S/C16H26N4O4/c1-17-15-4-2-14(3-5-15)12-24-16(23)19-7-9-20(10-11-21)8-6-18-13-22/h2-5,13,17,21H,6-12H2,1H3,(H,18,22)(H,19,23). The molecule has 0 heterocycles. The maximum absolute atomic E-state index is 11.7. The summed E-state index contributed by atoms with van der Waals surface area (Å²) in [5.41, 5.74) is 1.90. The second-order valence-electron chi connectivity index (χ2n) is 5.09. The molecule has 1 aromatic carbocycles. The lowest BCUT2D eigenvalue weighted by atomic mass is 10.2. The first-order chi connectivity index (χ1) is 11.7. The Morgan fingerprint density at radius 1 is 1.21 bits per heavy atom. The van der Waals surface area contributed by atoms with E-state index in [2.05, 4.69) is 16.0 Å². The highest BCUT2D eigenvalue weighted by molar-refractivity contribution is 5.67. The van der Waals surface area contributed by atoms with E-state index in [9.17, 15) is 9.59 Å². The van der Waals surface area contributed by atoms with E-state index >= 15 is 0 Å². The van der Waals surface area contributed by atoms with E-state index in [-0.39, 0.29) is 13.2 Å². The normalized spacial score (nSPS) is 10.3. The van der Waals surface area contributed by atoms with Gasteiger partial charge in [0.25, 0.3) is 0 Å². The Labute approximate surface area is 142 Å². The van der Waals surface area contributed by atoms with Crippen molar-refractivity contribution in [1.82, 2.24) is 15.5 Å². The number of anilines is 1. The van der Waals surface area contributed by atoms with Crippen LogP contribution in [0.25, 0.3) is 0 Å². The van der Waals surface area contributed by atoms with Gasteiger partial charge in [-0.2, -0.15) is 0 Å². The van der Waals surface area contributed by atoms with Gasteiger partial charge in [0, 0.05) is 45.5 Å². The third kappa shape index (κ3) is 8.35. The molecule has 134 valence electrons. The molecule has 8 nitrogen and oxygen atoms in total. The number of rotatable bonds is 12. The molecule has 1 rings (SSSR count). The fourth-order valence-corrected chi connectivity index (χ4v) is 2.04. The topological polar surface area (TPSA) is 103 Å². The first-order valence-corrected chi connectivity index (χ1v) is 7.87. The minimum Gasteiger partial charge on any atom is -0.445 e. The number of aliphatic hydroxyl groups is 1. The Morgan fingerprint density at radius 3 is 2.54 bits per heavy atom. The number of carbonyl (C=O) groups excluding carboxylic acids is 2. The zero-order valence-electron chi connectivity index (χ0n) is 14.0. The maximum Gasteiger partial charge on any atom is 0.407 e. The van der Waals surface area contributed by atoms with Gasteiger partial charge >= 0.3 is 6.09 Å². The van der Waals surface area contributed by atoms with Crippen LogP contribution in [-0.2, 0) is 16.1 Å². The number of amides is 2. The van der Waals surface area contributed by atoms with Crippen LogP contribution in [0, 0.1) is 0 Å². The van der Waals surface area contributed by atoms with E-state index in [4.69, 9.17) is 9.84 Å². The van der Waals surface area contributed by atoms with Crippen LogP contribution in [0.4, 0.5) is 10.5 Å². The summed E-state index contributed by atoms with van der Waals surface area (Å²) in [6, 6.07) is 7.61. The molecule has 0 unspecified atom stereocenters. The minimum atomic E-state index is -0.484. The molecule has 0 atom stereocenters. The van der Waals surface area contributed by atoms with Gasteiger partial charge in [0.2, 0.25) is 6.41 Å². The fourth-order valence-electron chi connectivity index (χ4n) is 2.04. The predicted octanol–water partition coefficient (Wildman–Crippen LogP) is -0.00520. The van der Waals surface area contributed by atoms with E-state index < -0.39 is 6.09 Å². The molecule has 0 aromatic heterocycles. The molecule has 0 aliphatic rings. The van der Waals surface area contributed by atoms with E-state index in [1.54, 1.807) is 0 Å². The number of nitrogens with zero attached hydrogens (tertiary/aromatic N) is 1. The monoisotopic (exact) mass is 338 g/mol. The van der Waals surface area contributed by atoms with Gasteiger partial charge in [-0.25, -0.2) is 4.79 Å². The molecule has 0 bridgehead atoms. The largest absolute Gasteiger partial charge is 0.445 e. The Hall–Kier alpha value is -2.32. The molecule has 0 fully saturated rings. The van der Waals surface area contributed by atoms with Crippen LogP contribution < -0.4 is 16.0 Å². The SMILES string of the molecule is CNc1ccc(COC(=O)NCCN(CCO)CCNC=O)cc1. The van der Waals surface area contributed by atoms with Crippen molar-refractivity contribution in [3.8, 4) is 0 Å². The van der Waals surface area contributed by atoms with Crippen LogP contribution >= 0.6 is 0 Å². The van der Waals surface area contributed by atoms with E-state index in [1.807, 2.05) is 36.2 Å². The number of benzene rings is 1. The van der Waals surface area contributed by atoms with Gasteiger partial charge in [0.1, 0.15) is 6.61 Å². The number of alkyl carbamates (subject to hydrolysis) is 1. The van der Waals surface area contributed by atoms with Crippen molar-refractivity contribution in [3.05, 3.63) is 29.8 Å². The average molecular weight is 338 g/mol. The molecule has 0 spiro atoms. The second kappa shape index (κ2) is 12.1. The first kappa shape index (κ1) is 19.7. The summed E-state index contributed by atoms with van der Waals surface area (Å²) in [4.78, 5) is 23.8. The van der Waals surface area contributed by atoms with Crippen LogP contribution in [0.2, 0.25) is 0 Å². The van der Waals surface area contributed by atoms with Crippen LogP contribution in [0.3, 0.4) is 0 Å². The van der Waals surface area contributed by atoms with Gasteiger partial charge in [-0.1, -0.05) is 12.1 Å². The van der Waals surface area contributed by atoms with Crippen molar-refractivity contribution in [2.45, 2.75) is 6.61 Å². The van der Waals surface area contributed by atoms with Crippen molar-refractivity contribution in [2.24, 2.45) is 0 Å². The lowest BCUT2D eigenvalue weighted by Crippen LogP contribution is -2.39. The molecular weight excluding hydrogens is 312 g/mol. The fraction of sp³-hybridized carbons (Fsp3) is 0.500. The van der Waals surface area contributed by atoms with E-state index in [0.29, 0.717) is 39.1 Å². The second-order valence-corrected chi connectivity index (χ2v) is 5.09. The third-order valence-electron chi connectivity index (χ3n) is 3.38. The van der Waals surface area contributed by atoms with Gasteiger partial charge in [-0.05, 0) is 17.7 Å². The van der Waals surface area contributed by atoms with Crippen LogP contribution in [0.15, 0.2) is 24.3 Å². The Bertz CT molecular complexity index is 481. The average Bonchev–Trinajstić information content (AvgIpc) is 2.60. The summed E-state index contributed by atoms with van der Waals surface area (Å²) < 4.78 is 5.14. The number of hydrogen-bond donors (Lipinski definition) is 4. The molecule has 2 amide bonds. The molecule has 0 radical (unpaired) electrons. The van der Waals surface area contributed by atoms with E-state index in [1.165, 1.54) is 0 Å². The number of hydrogen-bond acceptors (Lipinski definition) is 6. The molecule has 0 saturated heterocycles. The van der Waals surface area contributed by atoms with Gasteiger partial charge in [0.05, 0.1) is 6.61 Å². The summed E-state index contributed by atoms with van der Waals surface area (Å²) in [6.07, 6.45) is 0.151. The number of aliphatic hydroxyl groups excluding tert-OH is 1. The molecule has 24 heavy (non-hydrogen) atoms. The minimum absolute atomic E-state index is 0.0220. The highest BCUT2D eigenvalue weighted by Gasteiger charge is 2.06. The van der Waals surface area contributed by atoms with Crippen molar-refractivity contribution in [1.29, 1.82) is 0 Å². The van der Waals surface area contributed by atoms with Crippen molar-refractivity contribution >= 4 is 18.2 Å². The molecule has 8 heteroatoms. The van der Waals surface area contributed by atoms with Crippen molar-refractivity contribution in [3.63, 3.8) is 0 Å². The highest BCUT2D eigenvalue weighted by Crippen LogP contribution is 2.09. The van der Waals surface area contributed by atoms with Crippen LogP contribution in [0.1, 0.15) is 5.56 Å². The van der Waals surface area contributed by atoms with Crippen molar-refractivity contribution in [2.75, 3.05) is 51.7 Å². The maximum atomic E-state index is 11.7. The van der Waals surface area contributed by atoms with Crippen LogP contribution in [0.5, 0.6) is 0 Å². The van der Waals surface area contributed by atoms with Crippen molar-refractivity contribution < 1.29 is 19.4 Å². The zero-order chi connectivity index (χ0) is 17.6. The van der Waals surface area contributed by atoms with Gasteiger partial charge in [-0.15, -0.1) is 0 Å². The summed E-state index contributed by atoms with van der Waals surface area (Å²) in [5, 5.41) is 17.3. The quantitative estimate of drug-likeness (QED) is 0.316. The summed E-state index contributed by atoms with van der Waals surface area (Å²) in [7, 11) is 1.84. The summed E-state index contributed by atoms with van der Waals surface area (Å²) in [5.74, 6) is 0. The van der Waals surface area contributed by atoms with E-state index in [0.717, 1.165) is 11.3 Å². The summed E-state index contributed by atoms with van der Waals surface area (Å²) >= 11 is 0. The van der Waals surface area contributed by atoms with Gasteiger partial charge in [-0.3, -0.25) is 9.69 Å². The molecule has 4 N–H and O–H groups in total. The first-order valence-electron chi connectivity index (χ1n) is 7.87. The van der Waals surface area contributed by atoms with Gasteiger partial charge < -0.3 is 25.8 Å². The molecular formula is C16H26N4O4. The number of carbonyl (C=O) groups is 2. The Morgan fingerprint density at radius 2 is 1.92 bits per heavy atom. The summed E-state index contributed by atoms with van der Waals surface area (Å²) in [6.45, 7) is 2.78. The lowest BCUT2D eigenvalue weighted by Gasteiger charge is -2.21. The number of ether oxygens (including phenoxy) is 1. The zero-order valence-corrected chi connectivity index (χ0v) is 14.0. The molecule has 0 saturated carbocycles. The highest BCUT2D eigenvalue weighted by atomic mass is 16.5. The molecule has 0 aliphatic heterocycles. The Balaban J connectivity index is 2.22. The van der Waals surface area contributed by atoms with Crippen LogP contribution in [-0.4, -0.2) is 68.9 Å². The molecule has 0 aliphatic carbocycles. The van der Waals surface area contributed by atoms with Gasteiger partial charge in [0.15, 0.2) is 0 Å². The lowest BCUT2D eigenvalue weighted by molar-refractivity contribution is -0.109. The third-order valence-corrected chi connectivity index (χ3v) is 3.38. The predicted molar refractivity (Wildman–Crippen MR) is 91.8 cm³/mol. The Kier molecular flexibility index (Phi) is 9.98.